The molecule has 2 fully saturated rings. The molecule has 0 aliphatic carbocycles. The lowest BCUT2D eigenvalue weighted by Crippen LogP contribution is -2.52. The Kier molecular flexibility index (Phi) is 5.45. The Labute approximate surface area is 126 Å². The number of hydrogen-bond donors (Lipinski definition) is 1. The lowest BCUT2D eigenvalue weighted by Gasteiger charge is -2.40. The summed E-state index contributed by atoms with van der Waals surface area (Å²) in [6.45, 7) is 8.02. The van der Waals surface area contributed by atoms with Crippen LogP contribution in [0, 0.1) is 5.92 Å². The molecule has 2 atom stereocenters. The average molecular weight is 297 g/mol. The van der Waals surface area contributed by atoms with E-state index >= 15 is 0 Å². The van der Waals surface area contributed by atoms with Gasteiger partial charge in [-0.3, -0.25) is 9.69 Å². The molecule has 120 valence electrons. The zero-order chi connectivity index (χ0) is 15.4. The molecule has 0 aromatic heterocycles. The van der Waals surface area contributed by atoms with Gasteiger partial charge in [0.2, 0.25) is 0 Å². The van der Waals surface area contributed by atoms with Gasteiger partial charge in [0.25, 0.3) is 0 Å². The molecule has 2 rings (SSSR count). The van der Waals surface area contributed by atoms with Crippen LogP contribution < -0.4 is 0 Å². The topological polar surface area (TPSA) is 64.1 Å². The van der Waals surface area contributed by atoms with Crippen LogP contribution in [0.2, 0.25) is 0 Å². The molecule has 0 bridgehead atoms. The maximum atomic E-state index is 12.7. The maximum absolute atomic E-state index is 12.7. The number of carboxylic acid groups (broad SMARTS) is 1. The maximum Gasteiger partial charge on any atom is 0.320 e. The monoisotopic (exact) mass is 297 g/mol. The zero-order valence-corrected chi connectivity index (χ0v) is 13.1. The van der Waals surface area contributed by atoms with Crippen molar-refractivity contribution >= 4 is 12.0 Å². The number of carbonyl (C=O) groups excluding carboxylic acids is 1. The minimum atomic E-state index is -0.798. The fourth-order valence-electron chi connectivity index (χ4n) is 3.30. The van der Waals surface area contributed by atoms with Crippen molar-refractivity contribution in [1.29, 1.82) is 0 Å². The predicted octanol–water partition coefficient (Wildman–Crippen LogP) is 1.32. The Morgan fingerprint density at radius 1 is 1.05 bits per heavy atom. The first-order valence-corrected chi connectivity index (χ1v) is 7.98. The van der Waals surface area contributed by atoms with Crippen molar-refractivity contribution in [3.05, 3.63) is 0 Å². The van der Waals surface area contributed by atoms with Crippen LogP contribution in [0.5, 0.6) is 0 Å². The number of urea groups is 1. The highest BCUT2D eigenvalue weighted by molar-refractivity contribution is 5.75. The average Bonchev–Trinajstić information content (AvgIpc) is 2.66. The molecule has 1 N–H and O–H groups in total. The van der Waals surface area contributed by atoms with Crippen LogP contribution in [0.3, 0.4) is 0 Å². The van der Waals surface area contributed by atoms with Gasteiger partial charge in [0, 0.05) is 38.8 Å². The molecule has 0 radical (unpaired) electrons. The molecule has 6 heteroatoms. The Morgan fingerprint density at radius 3 is 2.52 bits per heavy atom. The van der Waals surface area contributed by atoms with E-state index in [1.54, 1.807) is 0 Å². The van der Waals surface area contributed by atoms with E-state index in [2.05, 4.69) is 13.8 Å². The van der Waals surface area contributed by atoms with Gasteiger partial charge in [0.05, 0.1) is 6.54 Å². The molecule has 0 aromatic rings. The fraction of sp³-hybridized carbons (Fsp3) is 0.867. The molecule has 0 aromatic carbocycles. The summed E-state index contributed by atoms with van der Waals surface area (Å²) in [6, 6.07) is 0.427. The standard InChI is InChI=1S/C15H27N3O3/c1-12-5-3-8-18(13(12)2)15(21)17-7-4-6-16(9-10-17)11-14(19)20/h12-13H,3-11H2,1-2H3,(H,19,20). The molecule has 2 saturated heterocycles. The first-order chi connectivity index (χ1) is 9.99. The summed E-state index contributed by atoms with van der Waals surface area (Å²) in [5.74, 6) is -0.244. The van der Waals surface area contributed by atoms with Gasteiger partial charge in [-0.1, -0.05) is 6.92 Å². The number of hydrogen-bond acceptors (Lipinski definition) is 3. The quantitative estimate of drug-likeness (QED) is 0.835. The number of aliphatic carboxylic acids is 1. The number of piperidine rings is 1. The van der Waals surface area contributed by atoms with Gasteiger partial charge in [-0.05, 0) is 32.1 Å². The first kappa shape index (κ1) is 16.1. The molecule has 21 heavy (non-hydrogen) atoms. The number of nitrogens with zero attached hydrogens (tertiary/aromatic N) is 3. The van der Waals surface area contributed by atoms with Gasteiger partial charge >= 0.3 is 12.0 Å². The summed E-state index contributed by atoms with van der Waals surface area (Å²) in [4.78, 5) is 29.3. The SMILES string of the molecule is CC1CCCN(C(=O)N2CCCN(CC(=O)O)CC2)C1C. The third-order valence-electron chi connectivity index (χ3n) is 4.84. The third-order valence-corrected chi connectivity index (χ3v) is 4.84. The minimum Gasteiger partial charge on any atom is -0.480 e. The Hall–Kier alpha value is -1.30. The summed E-state index contributed by atoms with van der Waals surface area (Å²) in [7, 11) is 0. The van der Waals surface area contributed by atoms with Crippen molar-refractivity contribution in [3.8, 4) is 0 Å². The second kappa shape index (κ2) is 7.11. The van der Waals surface area contributed by atoms with E-state index in [1.165, 1.54) is 6.42 Å². The molecule has 2 aliphatic heterocycles. The molecule has 0 saturated carbocycles. The van der Waals surface area contributed by atoms with Crippen LogP contribution in [0.15, 0.2) is 0 Å². The second-order valence-electron chi connectivity index (χ2n) is 6.35. The van der Waals surface area contributed by atoms with Gasteiger partial charge in [-0.15, -0.1) is 0 Å². The summed E-state index contributed by atoms with van der Waals surface area (Å²) < 4.78 is 0. The molecule has 2 unspecified atom stereocenters. The van der Waals surface area contributed by atoms with Crippen molar-refractivity contribution in [2.24, 2.45) is 5.92 Å². The summed E-state index contributed by atoms with van der Waals surface area (Å²) in [6.07, 6.45) is 3.12. The van der Waals surface area contributed by atoms with E-state index in [-0.39, 0.29) is 12.6 Å². The van der Waals surface area contributed by atoms with Gasteiger partial charge in [-0.2, -0.15) is 0 Å². The smallest absolute Gasteiger partial charge is 0.320 e. The summed E-state index contributed by atoms with van der Waals surface area (Å²) in [5, 5.41) is 8.87. The van der Waals surface area contributed by atoms with Crippen LogP contribution in [0.1, 0.15) is 33.1 Å². The first-order valence-electron chi connectivity index (χ1n) is 7.98. The Morgan fingerprint density at radius 2 is 1.81 bits per heavy atom. The summed E-state index contributed by atoms with van der Waals surface area (Å²) >= 11 is 0. The van der Waals surface area contributed by atoms with Gasteiger partial charge in [0.15, 0.2) is 0 Å². The largest absolute Gasteiger partial charge is 0.480 e. The third kappa shape index (κ3) is 4.09. The Bertz CT molecular complexity index is 388. The molecule has 2 amide bonds. The molecule has 2 aliphatic rings. The van der Waals surface area contributed by atoms with Crippen molar-refractivity contribution in [2.75, 3.05) is 39.3 Å². The highest BCUT2D eigenvalue weighted by Gasteiger charge is 2.31. The molecule has 6 nitrogen and oxygen atoms in total. The van der Waals surface area contributed by atoms with Crippen LogP contribution in [-0.2, 0) is 4.79 Å². The molecule has 2 heterocycles. The Balaban J connectivity index is 1.92. The predicted molar refractivity (Wildman–Crippen MR) is 80.2 cm³/mol. The lowest BCUT2D eigenvalue weighted by molar-refractivity contribution is -0.138. The molecular formula is C15H27N3O3. The van der Waals surface area contributed by atoms with E-state index in [0.29, 0.717) is 25.0 Å². The van der Waals surface area contributed by atoms with E-state index in [1.807, 2.05) is 14.7 Å². The van der Waals surface area contributed by atoms with Gasteiger partial charge < -0.3 is 14.9 Å². The van der Waals surface area contributed by atoms with Gasteiger partial charge in [-0.25, -0.2) is 4.79 Å². The van der Waals surface area contributed by atoms with Crippen LogP contribution in [0.25, 0.3) is 0 Å². The number of amides is 2. The van der Waals surface area contributed by atoms with E-state index in [9.17, 15) is 9.59 Å². The normalized spacial score (nSPS) is 28.3. The van der Waals surface area contributed by atoms with Crippen molar-refractivity contribution < 1.29 is 14.7 Å². The minimum absolute atomic E-state index is 0.0686. The van der Waals surface area contributed by atoms with E-state index in [4.69, 9.17) is 5.11 Å². The highest BCUT2D eigenvalue weighted by atomic mass is 16.4. The van der Waals surface area contributed by atoms with E-state index < -0.39 is 5.97 Å². The number of carboxylic acids is 1. The van der Waals surface area contributed by atoms with Gasteiger partial charge in [0.1, 0.15) is 0 Å². The fourth-order valence-corrected chi connectivity index (χ4v) is 3.30. The van der Waals surface area contributed by atoms with Crippen molar-refractivity contribution in [1.82, 2.24) is 14.7 Å². The molecular weight excluding hydrogens is 270 g/mol. The zero-order valence-electron chi connectivity index (χ0n) is 13.1. The van der Waals surface area contributed by atoms with Crippen molar-refractivity contribution in [2.45, 2.75) is 39.2 Å². The van der Waals surface area contributed by atoms with Crippen molar-refractivity contribution in [3.63, 3.8) is 0 Å². The number of rotatable bonds is 2. The summed E-state index contributed by atoms with van der Waals surface area (Å²) in [5.41, 5.74) is 0. The van der Waals surface area contributed by atoms with Crippen LogP contribution in [-0.4, -0.2) is 77.1 Å². The molecule has 0 spiro atoms. The van der Waals surface area contributed by atoms with Crippen LogP contribution in [0.4, 0.5) is 4.79 Å². The highest BCUT2D eigenvalue weighted by Crippen LogP contribution is 2.24. The number of likely N-dealkylation sites (tertiary alicyclic amines) is 1. The van der Waals surface area contributed by atoms with Crippen LogP contribution >= 0.6 is 0 Å². The van der Waals surface area contributed by atoms with E-state index in [0.717, 1.165) is 32.5 Å². The number of carbonyl (C=O) groups is 2. The second-order valence-corrected chi connectivity index (χ2v) is 6.35. The lowest BCUT2D eigenvalue weighted by atomic mass is 9.92.